The molecule has 1 atom stereocenters. The van der Waals surface area contributed by atoms with Crippen molar-refractivity contribution in [3.8, 4) is 11.8 Å². The molecule has 0 bridgehead atoms. The second-order valence-electron chi connectivity index (χ2n) is 4.63. The van der Waals surface area contributed by atoms with E-state index in [0.29, 0.717) is 17.5 Å². The van der Waals surface area contributed by atoms with E-state index >= 15 is 0 Å². The van der Waals surface area contributed by atoms with Crippen LogP contribution in [0, 0.1) is 17.8 Å². The van der Waals surface area contributed by atoms with Crippen LogP contribution in [0.5, 0.6) is 0 Å². The molecule has 0 aromatic heterocycles. The van der Waals surface area contributed by atoms with Crippen molar-refractivity contribution in [3.63, 3.8) is 0 Å². The molecule has 1 unspecified atom stereocenters. The predicted octanol–water partition coefficient (Wildman–Crippen LogP) is 3.30. The number of nitrogens with zero attached hydrogens (tertiary/aromatic N) is 1. The molecule has 1 spiro atoms. The van der Waals surface area contributed by atoms with Gasteiger partial charge in [0.1, 0.15) is 0 Å². The van der Waals surface area contributed by atoms with E-state index in [9.17, 15) is 0 Å². The molecule has 1 saturated heterocycles. The van der Waals surface area contributed by atoms with Crippen LogP contribution in [0.1, 0.15) is 53.9 Å². The average Bonchev–Trinajstić information content (AvgIpc) is 2.91. The van der Waals surface area contributed by atoms with Crippen LogP contribution in [0.3, 0.4) is 0 Å². The molecule has 1 heteroatoms. The Morgan fingerprint density at radius 1 is 1.27 bits per heavy atom. The minimum atomic E-state index is 0.511. The number of hydrogen-bond donors (Lipinski definition) is 0. The van der Waals surface area contributed by atoms with Crippen molar-refractivity contribution in [1.82, 2.24) is 4.90 Å². The van der Waals surface area contributed by atoms with E-state index in [-0.39, 0.29) is 0 Å². The Morgan fingerprint density at radius 2 is 1.87 bits per heavy atom. The third-order valence-electron chi connectivity index (χ3n) is 3.58. The molecule has 0 amide bonds. The summed E-state index contributed by atoms with van der Waals surface area (Å²) in [6.07, 6.45) is 4.05. The highest BCUT2D eigenvalue weighted by molar-refractivity contribution is 5.22. The molecule has 2 aliphatic rings. The van der Waals surface area contributed by atoms with Gasteiger partial charge in [0.15, 0.2) is 0 Å². The second kappa shape index (κ2) is 5.03. The fourth-order valence-electron chi connectivity index (χ4n) is 2.88. The Kier molecular flexibility index (Phi) is 4.22. The van der Waals surface area contributed by atoms with Gasteiger partial charge in [-0.2, -0.15) is 0 Å². The monoisotopic (exact) mass is 207 g/mol. The summed E-state index contributed by atoms with van der Waals surface area (Å²) in [5.41, 5.74) is 0.511. The summed E-state index contributed by atoms with van der Waals surface area (Å²) in [5, 5.41) is 0. The minimum absolute atomic E-state index is 0.511. The molecule has 1 heterocycles. The standard InChI is InChI=1S/C12H19N.C2H6/c1-4-5-11-6-9-13(10(2)3)12(11)7-8-12;1-2/h10-11H,6-9H2,1-3H3;1-2H3. The number of rotatable bonds is 1. The summed E-state index contributed by atoms with van der Waals surface area (Å²) in [6.45, 7) is 11.8. The zero-order chi connectivity index (χ0) is 11.5. The SMILES string of the molecule is CC.CC#CC1CCN(C(C)C)C12CC2. The Hall–Kier alpha value is -0.480. The maximum Gasteiger partial charge on any atom is 0.0399 e. The molecular weight excluding hydrogens is 182 g/mol. The Balaban J connectivity index is 0.000000531. The lowest BCUT2D eigenvalue weighted by atomic mass is 9.98. The molecule has 1 saturated carbocycles. The Labute approximate surface area is 95.2 Å². The van der Waals surface area contributed by atoms with Gasteiger partial charge in [0, 0.05) is 24.0 Å². The molecule has 0 N–H and O–H groups in total. The van der Waals surface area contributed by atoms with E-state index in [0.717, 1.165) is 0 Å². The lowest BCUT2D eigenvalue weighted by Gasteiger charge is -2.29. The first-order chi connectivity index (χ1) is 7.20. The van der Waals surface area contributed by atoms with Crippen LogP contribution in [-0.2, 0) is 0 Å². The van der Waals surface area contributed by atoms with Crippen molar-refractivity contribution < 1.29 is 0 Å². The van der Waals surface area contributed by atoms with Gasteiger partial charge in [-0.1, -0.05) is 19.8 Å². The molecule has 1 nitrogen and oxygen atoms in total. The van der Waals surface area contributed by atoms with Gasteiger partial charge in [0.05, 0.1) is 0 Å². The van der Waals surface area contributed by atoms with Crippen LogP contribution < -0.4 is 0 Å². The van der Waals surface area contributed by atoms with Crippen LogP contribution in [-0.4, -0.2) is 23.0 Å². The fraction of sp³-hybridized carbons (Fsp3) is 0.857. The van der Waals surface area contributed by atoms with Crippen molar-refractivity contribution in [3.05, 3.63) is 0 Å². The summed E-state index contributed by atoms with van der Waals surface area (Å²) >= 11 is 0. The smallest absolute Gasteiger partial charge is 0.0399 e. The third-order valence-corrected chi connectivity index (χ3v) is 3.58. The summed E-state index contributed by atoms with van der Waals surface area (Å²) in [4.78, 5) is 2.67. The Bertz CT molecular complexity index is 252. The van der Waals surface area contributed by atoms with Crippen LogP contribution in [0.15, 0.2) is 0 Å². The van der Waals surface area contributed by atoms with Crippen LogP contribution in [0.4, 0.5) is 0 Å². The average molecular weight is 207 g/mol. The predicted molar refractivity (Wildman–Crippen MR) is 66.7 cm³/mol. The molecule has 1 aliphatic heterocycles. The third kappa shape index (κ3) is 2.21. The summed E-state index contributed by atoms with van der Waals surface area (Å²) in [6, 6.07) is 0.700. The maximum absolute atomic E-state index is 3.39. The van der Waals surface area contributed by atoms with Gasteiger partial charge in [0.2, 0.25) is 0 Å². The zero-order valence-electron chi connectivity index (χ0n) is 10.9. The summed E-state index contributed by atoms with van der Waals surface area (Å²) < 4.78 is 0. The normalized spacial score (nSPS) is 26.9. The minimum Gasteiger partial charge on any atom is -0.294 e. The van der Waals surface area contributed by atoms with Crippen molar-refractivity contribution in [2.75, 3.05) is 6.54 Å². The highest BCUT2D eigenvalue weighted by Crippen LogP contribution is 2.53. The maximum atomic E-state index is 3.39. The molecule has 0 aromatic rings. The van der Waals surface area contributed by atoms with Crippen molar-refractivity contribution in [2.45, 2.75) is 65.5 Å². The molecule has 15 heavy (non-hydrogen) atoms. The van der Waals surface area contributed by atoms with Crippen LogP contribution in [0.2, 0.25) is 0 Å². The first kappa shape index (κ1) is 12.6. The zero-order valence-corrected chi connectivity index (χ0v) is 10.9. The molecule has 0 radical (unpaired) electrons. The molecule has 86 valence electrons. The lowest BCUT2D eigenvalue weighted by Crippen LogP contribution is -2.39. The van der Waals surface area contributed by atoms with Crippen LogP contribution in [0.25, 0.3) is 0 Å². The first-order valence-corrected chi connectivity index (χ1v) is 6.40. The van der Waals surface area contributed by atoms with E-state index in [1.54, 1.807) is 0 Å². The van der Waals surface area contributed by atoms with E-state index in [1.807, 2.05) is 20.8 Å². The van der Waals surface area contributed by atoms with Gasteiger partial charge < -0.3 is 0 Å². The highest BCUT2D eigenvalue weighted by Gasteiger charge is 2.57. The summed E-state index contributed by atoms with van der Waals surface area (Å²) in [5.74, 6) is 7.15. The van der Waals surface area contributed by atoms with Gasteiger partial charge in [-0.3, -0.25) is 4.90 Å². The van der Waals surface area contributed by atoms with E-state index in [1.165, 1.54) is 25.8 Å². The topological polar surface area (TPSA) is 3.24 Å². The molecule has 2 fully saturated rings. The van der Waals surface area contributed by atoms with Gasteiger partial charge in [-0.15, -0.1) is 5.92 Å². The van der Waals surface area contributed by atoms with E-state index in [4.69, 9.17) is 0 Å². The molecule has 2 rings (SSSR count). The Morgan fingerprint density at radius 3 is 2.27 bits per heavy atom. The quantitative estimate of drug-likeness (QED) is 0.596. The van der Waals surface area contributed by atoms with E-state index in [2.05, 4.69) is 30.6 Å². The van der Waals surface area contributed by atoms with Gasteiger partial charge in [-0.05, 0) is 40.0 Å². The number of likely N-dealkylation sites (tertiary alicyclic amines) is 1. The number of hydrogen-bond acceptors (Lipinski definition) is 1. The van der Waals surface area contributed by atoms with Crippen LogP contribution >= 0.6 is 0 Å². The van der Waals surface area contributed by atoms with Crippen molar-refractivity contribution in [1.29, 1.82) is 0 Å². The van der Waals surface area contributed by atoms with Gasteiger partial charge in [0.25, 0.3) is 0 Å². The van der Waals surface area contributed by atoms with Crippen molar-refractivity contribution >= 4 is 0 Å². The van der Waals surface area contributed by atoms with E-state index < -0.39 is 0 Å². The summed E-state index contributed by atoms with van der Waals surface area (Å²) in [7, 11) is 0. The first-order valence-electron chi connectivity index (χ1n) is 6.40. The highest BCUT2D eigenvalue weighted by atomic mass is 15.3. The fourth-order valence-corrected chi connectivity index (χ4v) is 2.88. The molecular formula is C14H25N. The largest absolute Gasteiger partial charge is 0.294 e. The van der Waals surface area contributed by atoms with Gasteiger partial charge >= 0.3 is 0 Å². The lowest BCUT2D eigenvalue weighted by molar-refractivity contribution is 0.175. The van der Waals surface area contributed by atoms with Crippen molar-refractivity contribution in [2.24, 2.45) is 5.92 Å². The second-order valence-corrected chi connectivity index (χ2v) is 4.63. The molecule has 0 aromatic carbocycles. The molecule has 1 aliphatic carbocycles. The van der Waals surface area contributed by atoms with Gasteiger partial charge in [-0.25, -0.2) is 0 Å².